The van der Waals surface area contributed by atoms with Gasteiger partial charge in [0.25, 0.3) is 0 Å². The molecule has 0 saturated heterocycles. The highest BCUT2D eigenvalue weighted by molar-refractivity contribution is 7.13. The Hall–Kier alpha value is -2.66. The molecule has 0 saturated carbocycles. The fraction of sp³-hybridized carbons (Fsp3) is 0.200. The normalized spacial score (nSPS) is 10.5. The van der Waals surface area contributed by atoms with E-state index in [0.717, 1.165) is 34.0 Å². The van der Waals surface area contributed by atoms with Crippen molar-refractivity contribution in [3.63, 3.8) is 0 Å². The predicted molar refractivity (Wildman–Crippen MR) is 102 cm³/mol. The van der Waals surface area contributed by atoms with Gasteiger partial charge < -0.3 is 10.1 Å². The van der Waals surface area contributed by atoms with Crippen LogP contribution in [0, 0.1) is 0 Å². The number of aromatic nitrogens is 1. The van der Waals surface area contributed by atoms with Gasteiger partial charge >= 0.3 is 0 Å². The summed E-state index contributed by atoms with van der Waals surface area (Å²) in [7, 11) is 1.67. The highest BCUT2D eigenvalue weighted by Gasteiger charge is 2.08. The maximum absolute atomic E-state index is 10.9. The molecule has 0 aliphatic carbocycles. The Labute approximate surface area is 151 Å². The number of benzene rings is 2. The summed E-state index contributed by atoms with van der Waals surface area (Å²) in [6, 6.07) is 16.3. The number of nitrogens with zero attached hydrogens (tertiary/aromatic N) is 1. The molecule has 1 N–H and O–H groups in total. The van der Waals surface area contributed by atoms with Crippen LogP contribution in [0.15, 0.2) is 53.9 Å². The molecule has 3 rings (SSSR count). The molecule has 0 radical (unpaired) electrons. The summed E-state index contributed by atoms with van der Waals surface area (Å²) >= 11 is 1.62. The van der Waals surface area contributed by atoms with E-state index in [1.807, 2.05) is 24.3 Å². The Morgan fingerprint density at radius 3 is 2.68 bits per heavy atom. The van der Waals surface area contributed by atoms with Gasteiger partial charge in [-0.2, -0.15) is 0 Å². The number of thiazole rings is 1. The van der Waals surface area contributed by atoms with Crippen molar-refractivity contribution in [2.24, 2.45) is 0 Å². The van der Waals surface area contributed by atoms with Gasteiger partial charge in [-0.3, -0.25) is 4.79 Å². The van der Waals surface area contributed by atoms with Crippen LogP contribution in [0.2, 0.25) is 0 Å². The summed E-state index contributed by atoms with van der Waals surface area (Å²) in [6.45, 7) is 2.19. The van der Waals surface area contributed by atoms with Crippen LogP contribution in [0.1, 0.15) is 12.5 Å². The number of rotatable bonds is 6. The molecule has 2 aromatic carbocycles. The van der Waals surface area contributed by atoms with Crippen molar-refractivity contribution in [3.8, 4) is 27.6 Å². The zero-order valence-corrected chi connectivity index (χ0v) is 15.1. The van der Waals surface area contributed by atoms with Crippen molar-refractivity contribution in [2.45, 2.75) is 13.3 Å². The van der Waals surface area contributed by atoms with Crippen molar-refractivity contribution in [1.29, 1.82) is 0 Å². The third-order valence-electron chi connectivity index (χ3n) is 3.86. The number of methoxy groups -OCH3 is 1. The Bertz CT molecular complexity index is 856. The molecule has 1 heterocycles. The molecule has 0 spiro atoms. The van der Waals surface area contributed by atoms with Crippen LogP contribution >= 0.6 is 11.3 Å². The minimum Gasteiger partial charge on any atom is -0.497 e. The third kappa shape index (κ3) is 4.45. The number of carbonyl (C=O) groups excluding carboxylic acids is 1. The van der Waals surface area contributed by atoms with Crippen molar-refractivity contribution < 1.29 is 9.53 Å². The van der Waals surface area contributed by atoms with Crippen molar-refractivity contribution in [3.05, 3.63) is 59.5 Å². The number of carbonyl (C=O) groups is 1. The van der Waals surface area contributed by atoms with Gasteiger partial charge in [0.15, 0.2) is 0 Å². The van der Waals surface area contributed by atoms with E-state index in [2.05, 4.69) is 35.0 Å². The molecule has 4 nitrogen and oxygen atoms in total. The molecule has 128 valence electrons. The van der Waals surface area contributed by atoms with Gasteiger partial charge in [-0.1, -0.05) is 36.4 Å². The number of hydrogen-bond donors (Lipinski definition) is 1. The molecule has 1 aromatic heterocycles. The van der Waals surface area contributed by atoms with Crippen molar-refractivity contribution >= 4 is 17.2 Å². The number of ether oxygens (including phenoxy) is 1. The van der Waals surface area contributed by atoms with Gasteiger partial charge in [-0.05, 0) is 24.1 Å². The average Bonchev–Trinajstić information content (AvgIpc) is 3.12. The first-order valence-electron chi connectivity index (χ1n) is 8.09. The van der Waals surface area contributed by atoms with Gasteiger partial charge in [0.2, 0.25) is 5.91 Å². The standard InChI is InChI=1S/C20H20N2O2S/c1-14(23)21-11-10-15-6-8-16(9-7-15)19-13-25-20(22-19)17-4-3-5-18(12-17)24-2/h3-9,12-13H,10-11H2,1-2H3,(H,21,23). The average molecular weight is 352 g/mol. The van der Waals surface area contributed by atoms with Gasteiger partial charge in [0, 0.05) is 30.0 Å². The first-order chi connectivity index (χ1) is 12.2. The molecule has 0 atom stereocenters. The van der Waals surface area contributed by atoms with Gasteiger partial charge in [-0.15, -0.1) is 11.3 Å². The van der Waals surface area contributed by atoms with E-state index < -0.39 is 0 Å². The van der Waals surface area contributed by atoms with Crippen LogP contribution in [0.5, 0.6) is 5.75 Å². The van der Waals surface area contributed by atoms with Crippen LogP contribution in [-0.4, -0.2) is 24.5 Å². The maximum atomic E-state index is 10.9. The fourth-order valence-electron chi connectivity index (χ4n) is 2.52. The second-order valence-corrected chi connectivity index (χ2v) is 6.56. The molecule has 0 unspecified atom stereocenters. The molecular formula is C20H20N2O2S. The summed E-state index contributed by atoms with van der Waals surface area (Å²) in [5.41, 5.74) is 4.31. The molecule has 25 heavy (non-hydrogen) atoms. The smallest absolute Gasteiger partial charge is 0.216 e. The van der Waals surface area contributed by atoms with Gasteiger partial charge in [0.05, 0.1) is 12.8 Å². The van der Waals surface area contributed by atoms with Crippen LogP contribution in [-0.2, 0) is 11.2 Å². The molecule has 0 aliphatic heterocycles. The number of amides is 1. The first kappa shape index (κ1) is 17.2. The minimum atomic E-state index is 0.00386. The van der Waals surface area contributed by atoms with E-state index >= 15 is 0 Å². The van der Waals surface area contributed by atoms with E-state index in [1.165, 1.54) is 12.5 Å². The Kier molecular flexibility index (Phi) is 5.46. The quantitative estimate of drug-likeness (QED) is 0.724. The SMILES string of the molecule is COc1cccc(-c2nc(-c3ccc(CCNC(C)=O)cc3)cs2)c1. The Morgan fingerprint density at radius 2 is 1.96 bits per heavy atom. The second-order valence-electron chi connectivity index (χ2n) is 5.70. The van der Waals surface area contributed by atoms with E-state index in [9.17, 15) is 4.79 Å². The van der Waals surface area contributed by atoms with E-state index in [4.69, 9.17) is 9.72 Å². The molecule has 0 bridgehead atoms. The molecule has 5 heteroatoms. The lowest BCUT2D eigenvalue weighted by atomic mass is 10.1. The van der Waals surface area contributed by atoms with E-state index in [0.29, 0.717) is 6.54 Å². The highest BCUT2D eigenvalue weighted by Crippen LogP contribution is 2.30. The molecule has 3 aromatic rings. The summed E-state index contributed by atoms with van der Waals surface area (Å²) in [4.78, 5) is 15.7. The number of hydrogen-bond acceptors (Lipinski definition) is 4. The Morgan fingerprint density at radius 1 is 1.16 bits per heavy atom. The van der Waals surface area contributed by atoms with E-state index in [-0.39, 0.29) is 5.91 Å². The lowest BCUT2D eigenvalue weighted by Gasteiger charge is -2.04. The summed E-state index contributed by atoms with van der Waals surface area (Å²) < 4.78 is 5.28. The lowest BCUT2D eigenvalue weighted by molar-refractivity contribution is -0.118. The second kappa shape index (κ2) is 7.94. The topological polar surface area (TPSA) is 51.2 Å². The van der Waals surface area contributed by atoms with E-state index in [1.54, 1.807) is 18.4 Å². The van der Waals surface area contributed by atoms with Crippen molar-refractivity contribution in [2.75, 3.05) is 13.7 Å². The zero-order valence-electron chi connectivity index (χ0n) is 14.3. The molecule has 1 amide bonds. The molecular weight excluding hydrogens is 332 g/mol. The maximum Gasteiger partial charge on any atom is 0.216 e. The summed E-state index contributed by atoms with van der Waals surface area (Å²) in [5.74, 6) is 0.835. The van der Waals surface area contributed by atoms with Crippen LogP contribution in [0.4, 0.5) is 0 Å². The highest BCUT2D eigenvalue weighted by atomic mass is 32.1. The minimum absolute atomic E-state index is 0.00386. The van der Waals surface area contributed by atoms with Gasteiger partial charge in [0.1, 0.15) is 10.8 Å². The largest absolute Gasteiger partial charge is 0.497 e. The zero-order chi connectivity index (χ0) is 17.6. The van der Waals surface area contributed by atoms with Crippen molar-refractivity contribution in [1.82, 2.24) is 10.3 Å². The Balaban J connectivity index is 1.72. The van der Waals surface area contributed by atoms with Crippen LogP contribution in [0.25, 0.3) is 21.8 Å². The predicted octanol–water partition coefficient (Wildman–Crippen LogP) is 4.16. The lowest BCUT2D eigenvalue weighted by Crippen LogP contribution is -2.22. The fourth-order valence-corrected chi connectivity index (χ4v) is 3.35. The first-order valence-corrected chi connectivity index (χ1v) is 8.97. The third-order valence-corrected chi connectivity index (χ3v) is 4.75. The van der Waals surface area contributed by atoms with Gasteiger partial charge in [-0.25, -0.2) is 4.98 Å². The molecule has 0 fully saturated rings. The number of nitrogens with one attached hydrogen (secondary N) is 1. The summed E-state index contributed by atoms with van der Waals surface area (Å²) in [5, 5.41) is 5.86. The molecule has 0 aliphatic rings. The van der Waals surface area contributed by atoms with Crippen LogP contribution in [0.3, 0.4) is 0 Å². The van der Waals surface area contributed by atoms with Crippen LogP contribution < -0.4 is 10.1 Å². The summed E-state index contributed by atoms with van der Waals surface area (Å²) in [6.07, 6.45) is 0.825. The monoisotopic (exact) mass is 352 g/mol.